The number of hydrogen-bond donors (Lipinski definition) is 2. The molecule has 0 saturated heterocycles. The summed E-state index contributed by atoms with van der Waals surface area (Å²) in [5.74, 6) is 0.0543. The molecule has 0 fully saturated rings. The number of thioether (sulfide) groups is 1. The van der Waals surface area contributed by atoms with E-state index in [0.29, 0.717) is 17.1 Å². The lowest BCUT2D eigenvalue weighted by molar-refractivity contribution is -0.121. The summed E-state index contributed by atoms with van der Waals surface area (Å²) < 4.78 is 5.53. The molecule has 2 aromatic carbocycles. The molecule has 2 N–H and O–H groups in total. The number of carbonyl (C=O) groups excluding carboxylic acids is 3. The normalized spacial score (nSPS) is 15.7. The van der Waals surface area contributed by atoms with E-state index >= 15 is 0 Å². The summed E-state index contributed by atoms with van der Waals surface area (Å²) in [6, 6.07) is 18.1. The van der Waals surface area contributed by atoms with Crippen LogP contribution in [0.2, 0.25) is 0 Å². The van der Waals surface area contributed by atoms with Crippen LogP contribution in [0, 0.1) is 0 Å². The van der Waals surface area contributed by atoms with Gasteiger partial charge in [0.1, 0.15) is 12.3 Å². The number of para-hydroxylation sites is 1. The molecule has 1 aliphatic heterocycles. The van der Waals surface area contributed by atoms with Gasteiger partial charge in [-0.05, 0) is 42.5 Å². The van der Waals surface area contributed by atoms with Crippen molar-refractivity contribution in [3.63, 3.8) is 0 Å². The minimum atomic E-state index is -0.329. The predicted octanol–water partition coefficient (Wildman–Crippen LogP) is 4.45. The maximum Gasteiger partial charge on any atom is 0.244 e. The first-order valence-electron chi connectivity index (χ1n) is 9.76. The molecule has 1 unspecified atom stereocenters. The average Bonchev–Trinajstić information content (AvgIpc) is 3.22. The molecule has 8 heteroatoms. The molecular weight excluding hydrogens is 414 g/mol. The molecule has 1 aromatic heterocycles. The van der Waals surface area contributed by atoms with Gasteiger partial charge < -0.3 is 20.0 Å². The van der Waals surface area contributed by atoms with Gasteiger partial charge in [-0.2, -0.15) is 0 Å². The van der Waals surface area contributed by atoms with Crippen LogP contribution in [0.4, 0.5) is 17.1 Å². The van der Waals surface area contributed by atoms with Crippen molar-refractivity contribution in [2.45, 2.75) is 23.5 Å². The number of amides is 3. The minimum Gasteiger partial charge on any atom is -0.468 e. The summed E-state index contributed by atoms with van der Waals surface area (Å²) in [7, 11) is 0. The number of nitrogens with one attached hydrogen (secondary N) is 2. The number of nitrogens with zero attached hydrogens (tertiary/aromatic N) is 1. The van der Waals surface area contributed by atoms with E-state index in [1.165, 1.54) is 11.8 Å². The molecule has 0 saturated carbocycles. The lowest BCUT2D eigenvalue weighted by atomic mass is 10.2. The van der Waals surface area contributed by atoms with Crippen LogP contribution in [0.15, 0.2) is 76.2 Å². The van der Waals surface area contributed by atoms with Crippen molar-refractivity contribution in [2.24, 2.45) is 0 Å². The molecule has 0 aliphatic carbocycles. The Hall–Kier alpha value is -3.52. The highest BCUT2D eigenvalue weighted by Crippen LogP contribution is 2.45. The molecule has 158 valence electrons. The lowest BCUT2D eigenvalue weighted by Crippen LogP contribution is -2.38. The number of benzene rings is 2. The number of hydrogen-bond acceptors (Lipinski definition) is 5. The third-order valence-corrected chi connectivity index (χ3v) is 6.00. The second-order valence-electron chi connectivity index (χ2n) is 7.08. The van der Waals surface area contributed by atoms with Crippen LogP contribution in [0.1, 0.15) is 24.4 Å². The molecule has 1 aliphatic rings. The number of rotatable bonds is 5. The average molecular weight is 436 g/mol. The molecule has 0 spiro atoms. The topological polar surface area (TPSA) is 91.7 Å². The molecule has 7 nitrogen and oxygen atoms in total. The smallest absolute Gasteiger partial charge is 0.244 e. The van der Waals surface area contributed by atoms with Gasteiger partial charge in [0.25, 0.3) is 0 Å². The highest BCUT2D eigenvalue weighted by atomic mass is 32.2. The number of carbonyl (C=O) groups is 3. The number of anilines is 3. The second kappa shape index (κ2) is 9.09. The van der Waals surface area contributed by atoms with Crippen molar-refractivity contribution in [2.75, 3.05) is 22.1 Å². The van der Waals surface area contributed by atoms with Gasteiger partial charge in [0, 0.05) is 29.6 Å². The Morgan fingerprint density at radius 1 is 1.06 bits per heavy atom. The number of fused-ring (bicyclic) bond motifs is 1. The van der Waals surface area contributed by atoms with Crippen molar-refractivity contribution in [3.8, 4) is 0 Å². The standard InChI is InChI=1S/C23H21N3O4S/c1-15(27)24-16-6-4-7-17(12-16)25-22(28)14-26-18-8-2-3-10-20(18)31-21(13-23(26)29)19-9-5-11-30-19/h2-12,21H,13-14H2,1H3,(H,24,27)(H,25,28). The summed E-state index contributed by atoms with van der Waals surface area (Å²) in [6.45, 7) is 1.30. The van der Waals surface area contributed by atoms with E-state index in [1.807, 2.05) is 30.3 Å². The van der Waals surface area contributed by atoms with Gasteiger partial charge in [-0.3, -0.25) is 14.4 Å². The van der Waals surface area contributed by atoms with Gasteiger partial charge in [-0.15, -0.1) is 11.8 Å². The van der Waals surface area contributed by atoms with E-state index in [0.717, 1.165) is 10.7 Å². The Balaban J connectivity index is 1.53. The largest absolute Gasteiger partial charge is 0.468 e. The van der Waals surface area contributed by atoms with Crippen LogP contribution in [0.3, 0.4) is 0 Å². The van der Waals surface area contributed by atoms with Crippen LogP contribution < -0.4 is 15.5 Å². The fourth-order valence-electron chi connectivity index (χ4n) is 3.41. The van der Waals surface area contributed by atoms with Crippen LogP contribution in [-0.4, -0.2) is 24.3 Å². The monoisotopic (exact) mass is 435 g/mol. The van der Waals surface area contributed by atoms with Crippen LogP contribution in [-0.2, 0) is 14.4 Å². The molecule has 2 heterocycles. The summed E-state index contributed by atoms with van der Waals surface area (Å²) in [5.41, 5.74) is 1.82. The maximum atomic E-state index is 13.1. The Morgan fingerprint density at radius 2 is 1.84 bits per heavy atom. The predicted molar refractivity (Wildman–Crippen MR) is 120 cm³/mol. The zero-order valence-electron chi connectivity index (χ0n) is 16.8. The molecule has 1 atom stereocenters. The summed E-state index contributed by atoms with van der Waals surface area (Å²) in [5, 5.41) is 5.32. The first kappa shape index (κ1) is 20.7. The van der Waals surface area contributed by atoms with Gasteiger partial charge >= 0.3 is 0 Å². The van der Waals surface area contributed by atoms with Crippen molar-refractivity contribution in [3.05, 3.63) is 72.7 Å². The van der Waals surface area contributed by atoms with Crippen LogP contribution in [0.5, 0.6) is 0 Å². The Bertz CT molecular complexity index is 1110. The minimum absolute atomic E-state index is 0.119. The zero-order valence-corrected chi connectivity index (χ0v) is 17.6. The molecule has 3 aromatic rings. The third-order valence-electron chi connectivity index (χ3n) is 4.72. The van der Waals surface area contributed by atoms with Crippen molar-refractivity contribution in [1.82, 2.24) is 0 Å². The first-order chi connectivity index (χ1) is 15.0. The van der Waals surface area contributed by atoms with Gasteiger partial charge in [0.05, 0.1) is 17.2 Å². The zero-order chi connectivity index (χ0) is 21.8. The molecule has 31 heavy (non-hydrogen) atoms. The van der Waals surface area contributed by atoms with E-state index in [-0.39, 0.29) is 35.9 Å². The van der Waals surface area contributed by atoms with Gasteiger partial charge in [-0.25, -0.2) is 0 Å². The highest BCUT2D eigenvalue weighted by molar-refractivity contribution is 7.99. The molecular formula is C23H21N3O4S. The number of furan rings is 1. The molecule has 0 radical (unpaired) electrons. The highest BCUT2D eigenvalue weighted by Gasteiger charge is 2.31. The Labute approximate surface area is 183 Å². The second-order valence-corrected chi connectivity index (χ2v) is 8.33. The van der Waals surface area contributed by atoms with E-state index in [1.54, 1.807) is 48.4 Å². The van der Waals surface area contributed by atoms with Crippen molar-refractivity contribution in [1.29, 1.82) is 0 Å². The maximum absolute atomic E-state index is 13.1. The van der Waals surface area contributed by atoms with Gasteiger partial charge in [0.15, 0.2) is 0 Å². The van der Waals surface area contributed by atoms with Crippen LogP contribution >= 0.6 is 11.8 Å². The summed E-state index contributed by atoms with van der Waals surface area (Å²) in [4.78, 5) is 39.5. The van der Waals surface area contributed by atoms with E-state index in [4.69, 9.17) is 4.42 Å². The quantitative estimate of drug-likeness (QED) is 0.618. The molecule has 0 bridgehead atoms. The summed E-state index contributed by atoms with van der Waals surface area (Å²) in [6.07, 6.45) is 1.82. The molecule has 3 amide bonds. The van der Waals surface area contributed by atoms with Gasteiger partial charge in [0.2, 0.25) is 17.7 Å². The fourth-order valence-corrected chi connectivity index (χ4v) is 4.65. The summed E-state index contributed by atoms with van der Waals surface area (Å²) >= 11 is 1.55. The third kappa shape index (κ3) is 4.97. The van der Waals surface area contributed by atoms with Crippen molar-refractivity contribution < 1.29 is 18.8 Å². The lowest BCUT2D eigenvalue weighted by Gasteiger charge is -2.22. The SMILES string of the molecule is CC(=O)Nc1cccc(NC(=O)CN2C(=O)CC(c3ccco3)Sc3ccccc32)c1. The Morgan fingerprint density at radius 3 is 2.58 bits per heavy atom. The van der Waals surface area contributed by atoms with Crippen molar-refractivity contribution >= 4 is 46.5 Å². The first-order valence-corrected chi connectivity index (χ1v) is 10.6. The van der Waals surface area contributed by atoms with Crippen LogP contribution in [0.25, 0.3) is 0 Å². The fraction of sp³-hybridized carbons (Fsp3) is 0.174. The van der Waals surface area contributed by atoms with E-state index in [9.17, 15) is 14.4 Å². The molecule has 4 rings (SSSR count). The van der Waals surface area contributed by atoms with E-state index < -0.39 is 0 Å². The Kier molecular flexibility index (Phi) is 6.08. The van der Waals surface area contributed by atoms with E-state index in [2.05, 4.69) is 10.6 Å². The van der Waals surface area contributed by atoms with Gasteiger partial charge in [-0.1, -0.05) is 18.2 Å².